The van der Waals surface area contributed by atoms with E-state index in [1.165, 1.54) is 0 Å². The summed E-state index contributed by atoms with van der Waals surface area (Å²) in [6.07, 6.45) is -4.88. The van der Waals surface area contributed by atoms with Gasteiger partial charge in [0.15, 0.2) is 24.0 Å². The summed E-state index contributed by atoms with van der Waals surface area (Å²) in [7, 11) is 0. The van der Waals surface area contributed by atoms with Crippen LogP contribution in [0.1, 0.15) is 40.5 Å². The van der Waals surface area contributed by atoms with Gasteiger partial charge in [0.2, 0.25) is 5.91 Å². The highest BCUT2D eigenvalue weighted by Gasteiger charge is 2.62. The molecule has 0 bridgehead atoms. The lowest BCUT2D eigenvalue weighted by atomic mass is 9.98. The van der Waals surface area contributed by atoms with Gasteiger partial charge in [0.25, 0.3) is 5.91 Å². The molecule has 2 amide bonds. The molecule has 3 aliphatic heterocycles. The second-order valence-electron chi connectivity index (χ2n) is 8.70. The highest BCUT2D eigenvalue weighted by molar-refractivity contribution is 5.89. The fourth-order valence-electron chi connectivity index (χ4n) is 3.86. The number of carboxylic acids is 2. The van der Waals surface area contributed by atoms with Gasteiger partial charge >= 0.3 is 11.9 Å². The molecule has 3 saturated heterocycles. The summed E-state index contributed by atoms with van der Waals surface area (Å²) in [6, 6.07) is -1.40. The van der Waals surface area contributed by atoms with Crippen molar-refractivity contribution in [2.24, 2.45) is 0 Å². The van der Waals surface area contributed by atoms with E-state index >= 15 is 0 Å². The van der Waals surface area contributed by atoms with Gasteiger partial charge in [-0.15, -0.1) is 0 Å². The molecule has 3 rings (SSSR count). The fraction of sp³-hybridized carbons (Fsp3) is 0.789. The van der Waals surface area contributed by atoms with E-state index in [0.29, 0.717) is 0 Å². The van der Waals surface area contributed by atoms with Gasteiger partial charge in [0.1, 0.15) is 24.4 Å². The fourth-order valence-corrected chi connectivity index (χ4v) is 3.86. The molecule has 3 heterocycles. The van der Waals surface area contributed by atoms with Crippen LogP contribution in [0.3, 0.4) is 0 Å². The molecule has 3 fully saturated rings. The molecule has 0 saturated carbocycles. The van der Waals surface area contributed by atoms with Gasteiger partial charge in [-0.25, -0.2) is 4.79 Å². The van der Waals surface area contributed by atoms with Crippen molar-refractivity contribution in [1.29, 1.82) is 0 Å². The Morgan fingerprint density at radius 1 is 0.906 bits per heavy atom. The molecule has 180 valence electrons. The van der Waals surface area contributed by atoms with Crippen LogP contribution in [-0.4, -0.2) is 88.8 Å². The van der Waals surface area contributed by atoms with E-state index in [1.54, 1.807) is 27.7 Å². The summed E-state index contributed by atoms with van der Waals surface area (Å²) in [5, 5.41) is 22.4. The third-order valence-electron chi connectivity index (χ3n) is 5.12. The Morgan fingerprint density at radius 2 is 1.50 bits per heavy atom. The van der Waals surface area contributed by atoms with E-state index in [4.69, 9.17) is 33.9 Å². The van der Waals surface area contributed by atoms with Crippen molar-refractivity contribution >= 4 is 23.8 Å². The SMILES string of the molecule is CC1(C)O[C@H]2[C@@H](O1)[C@@H](C(=O)NCC(=O)N[C@@H](CCC(=O)O)C(=O)O)O[C@@H]1OC(C)(C)O[C@@H]12. The van der Waals surface area contributed by atoms with E-state index < -0.39 is 85.0 Å². The highest BCUT2D eigenvalue weighted by Crippen LogP contribution is 2.44. The quantitative estimate of drug-likeness (QED) is 0.347. The zero-order chi connectivity index (χ0) is 23.8. The maximum atomic E-state index is 12.8. The van der Waals surface area contributed by atoms with Crippen molar-refractivity contribution < 1.29 is 53.1 Å². The molecule has 13 heteroatoms. The Bertz CT molecular complexity index is 783. The smallest absolute Gasteiger partial charge is 0.326 e. The first kappa shape index (κ1) is 24.3. The zero-order valence-corrected chi connectivity index (χ0v) is 18.2. The molecule has 0 unspecified atom stereocenters. The molecule has 0 aliphatic carbocycles. The molecule has 0 aromatic heterocycles. The maximum Gasteiger partial charge on any atom is 0.326 e. The Hall–Kier alpha value is -2.32. The van der Waals surface area contributed by atoms with Crippen molar-refractivity contribution in [3.63, 3.8) is 0 Å². The Morgan fingerprint density at radius 3 is 2.12 bits per heavy atom. The molecular weight excluding hydrogens is 432 g/mol. The molecule has 13 nitrogen and oxygen atoms in total. The van der Waals surface area contributed by atoms with Gasteiger partial charge < -0.3 is 44.5 Å². The number of hydrogen-bond donors (Lipinski definition) is 4. The van der Waals surface area contributed by atoms with Crippen LogP contribution in [0, 0.1) is 0 Å². The number of rotatable bonds is 8. The highest BCUT2D eigenvalue weighted by atomic mass is 16.9. The molecule has 4 N–H and O–H groups in total. The minimum atomic E-state index is -1.40. The number of carboxylic acid groups (broad SMARTS) is 2. The van der Waals surface area contributed by atoms with Crippen LogP contribution in [0.15, 0.2) is 0 Å². The van der Waals surface area contributed by atoms with Crippen LogP contribution >= 0.6 is 0 Å². The van der Waals surface area contributed by atoms with Crippen LogP contribution in [0.5, 0.6) is 0 Å². The number of fused-ring (bicyclic) bond motifs is 3. The van der Waals surface area contributed by atoms with Crippen molar-refractivity contribution in [3.05, 3.63) is 0 Å². The maximum absolute atomic E-state index is 12.8. The first-order valence-electron chi connectivity index (χ1n) is 10.2. The number of nitrogens with one attached hydrogen (secondary N) is 2. The number of carbonyl (C=O) groups excluding carboxylic acids is 2. The largest absolute Gasteiger partial charge is 0.481 e. The number of hydrogen-bond acceptors (Lipinski definition) is 9. The monoisotopic (exact) mass is 460 g/mol. The second kappa shape index (κ2) is 8.90. The molecule has 3 aliphatic rings. The third-order valence-corrected chi connectivity index (χ3v) is 5.12. The molecule has 6 atom stereocenters. The average molecular weight is 460 g/mol. The van der Waals surface area contributed by atoms with Gasteiger partial charge in [-0.2, -0.15) is 0 Å². The van der Waals surface area contributed by atoms with Crippen LogP contribution < -0.4 is 10.6 Å². The van der Waals surface area contributed by atoms with Crippen LogP contribution in [-0.2, 0) is 42.9 Å². The summed E-state index contributed by atoms with van der Waals surface area (Å²) in [6.45, 7) is 6.23. The number of carbonyl (C=O) groups is 4. The number of amides is 2. The lowest BCUT2D eigenvalue weighted by molar-refractivity contribution is -0.231. The average Bonchev–Trinajstić information content (AvgIpc) is 3.15. The summed E-state index contributed by atoms with van der Waals surface area (Å²) in [5.74, 6) is -6.01. The van der Waals surface area contributed by atoms with E-state index in [1.807, 2.05) is 0 Å². The number of ether oxygens (including phenoxy) is 5. The lowest BCUT2D eigenvalue weighted by Gasteiger charge is -2.36. The standard InChI is InChI=1S/C19H28N2O11/c1-18(2)29-11-12(30-18)14-17(32-19(3,4)31-14)28-13(11)15(25)20-7-9(22)21-8(16(26)27)5-6-10(23)24/h8,11-14,17H,5-7H2,1-4H3,(H,20,25)(H,21,22)(H,23,24)(H,26,27)/t8-,11+,12-,13-,14+,17+/m0/s1. The van der Waals surface area contributed by atoms with E-state index in [0.717, 1.165) is 0 Å². The van der Waals surface area contributed by atoms with Gasteiger partial charge in [-0.05, 0) is 34.1 Å². The summed E-state index contributed by atoms with van der Waals surface area (Å²) in [4.78, 5) is 46.8. The van der Waals surface area contributed by atoms with Crippen molar-refractivity contribution in [3.8, 4) is 0 Å². The molecular formula is C19H28N2O11. The molecule has 0 aromatic carbocycles. The first-order chi connectivity index (χ1) is 14.8. The topological polar surface area (TPSA) is 179 Å². The third kappa shape index (κ3) is 5.53. The minimum absolute atomic E-state index is 0.295. The predicted octanol–water partition coefficient (Wildman–Crippen LogP) is -1.07. The van der Waals surface area contributed by atoms with Crippen molar-refractivity contribution in [1.82, 2.24) is 10.6 Å². The van der Waals surface area contributed by atoms with E-state index in [9.17, 15) is 19.2 Å². The Kier molecular flexibility index (Phi) is 6.77. The Balaban J connectivity index is 1.61. The molecule has 32 heavy (non-hydrogen) atoms. The van der Waals surface area contributed by atoms with E-state index in [2.05, 4.69) is 10.6 Å². The van der Waals surface area contributed by atoms with Crippen LogP contribution in [0.25, 0.3) is 0 Å². The normalized spacial score (nSPS) is 32.9. The molecule has 0 aromatic rings. The summed E-state index contributed by atoms with van der Waals surface area (Å²) in [5.41, 5.74) is 0. The lowest BCUT2D eigenvalue weighted by Crippen LogP contribution is -2.60. The van der Waals surface area contributed by atoms with Gasteiger partial charge in [-0.3, -0.25) is 14.4 Å². The van der Waals surface area contributed by atoms with Gasteiger partial charge in [0.05, 0.1) is 6.54 Å². The second-order valence-corrected chi connectivity index (χ2v) is 8.70. The van der Waals surface area contributed by atoms with Gasteiger partial charge in [-0.1, -0.05) is 0 Å². The van der Waals surface area contributed by atoms with Crippen molar-refractivity contribution in [2.45, 2.75) is 88.9 Å². The van der Waals surface area contributed by atoms with E-state index in [-0.39, 0.29) is 6.42 Å². The minimum Gasteiger partial charge on any atom is -0.481 e. The Labute approximate surface area is 183 Å². The molecule has 0 radical (unpaired) electrons. The summed E-state index contributed by atoms with van der Waals surface area (Å²) < 4.78 is 29.1. The van der Waals surface area contributed by atoms with Crippen LogP contribution in [0.2, 0.25) is 0 Å². The van der Waals surface area contributed by atoms with Crippen LogP contribution in [0.4, 0.5) is 0 Å². The molecule has 0 spiro atoms. The van der Waals surface area contributed by atoms with Gasteiger partial charge in [0, 0.05) is 6.42 Å². The first-order valence-corrected chi connectivity index (χ1v) is 10.2. The number of aliphatic carboxylic acids is 2. The predicted molar refractivity (Wildman–Crippen MR) is 102 cm³/mol. The van der Waals surface area contributed by atoms with Crippen molar-refractivity contribution in [2.75, 3.05) is 6.54 Å². The zero-order valence-electron chi connectivity index (χ0n) is 18.2. The summed E-state index contributed by atoms with van der Waals surface area (Å²) >= 11 is 0.